The van der Waals surface area contributed by atoms with E-state index in [9.17, 15) is 14.4 Å². The second kappa shape index (κ2) is 9.60. The molecule has 0 fully saturated rings. The van der Waals surface area contributed by atoms with Crippen LogP contribution in [0.5, 0.6) is 0 Å². The molecule has 1 atom stereocenters. The molecule has 0 bridgehead atoms. The Morgan fingerprint density at radius 3 is 2.14 bits per heavy atom. The molecule has 0 aliphatic carbocycles. The van der Waals surface area contributed by atoms with Crippen molar-refractivity contribution >= 4 is 28.7 Å². The standard InChI is InChI=1S/C15H26N2O3S/c1-6-15(17-13(5)19,7-9-16-12(4)18)8-10-21-14(20)11(2)3/h2,6-10H2,1,3-5H3,(H,16,18)(H,17,19). The number of thioether (sulfide) groups is 1. The molecule has 120 valence electrons. The number of hydrogen-bond donors (Lipinski definition) is 2. The van der Waals surface area contributed by atoms with Gasteiger partial charge in [0.25, 0.3) is 0 Å². The molecular weight excluding hydrogens is 288 g/mol. The molecule has 0 rings (SSSR count). The summed E-state index contributed by atoms with van der Waals surface area (Å²) < 4.78 is 0. The lowest BCUT2D eigenvalue weighted by molar-refractivity contribution is -0.121. The first kappa shape index (κ1) is 19.7. The maximum atomic E-state index is 11.6. The van der Waals surface area contributed by atoms with Crippen molar-refractivity contribution in [1.29, 1.82) is 0 Å². The van der Waals surface area contributed by atoms with Gasteiger partial charge >= 0.3 is 0 Å². The molecule has 5 nitrogen and oxygen atoms in total. The SMILES string of the molecule is C=C(C)C(=O)SCCC(CC)(CCNC(C)=O)NC(C)=O. The Bertz CT molecular complexity index is 410. The van der Waals surface area contributed by atoms with Crippen LogP contribution in [0, 0.1) is 0 Å². The second-order valence-corrected chi connectivity index (χ2v) is 6.28. The van der Waals surface area contributed by atoms with Gasteiger partial charge in [-0.25, -0.2) is 0 Å². The summed E-state index contributed by atoms with van der Waals surface area (Å²) in [5, 5.41) is 5.71. The quantitative estimate of drug-likeness (QED) is 0.639. The number of carbonyl (C=O) groups is 3. The fourth-order valence-corrected chi connectivity index (χ4v) is 2.93. The Hall–Kier alpha value is -1.30. The predicted molar refractivity (Wildman–Crippen MR) is 87.0 cm³/mol. The number of rotatable bonds is 9. The van der Waals surface area contributed by atoms with Gasteiger partial charge in [-0.15, -0.1) is 0 Å². The van der Waals surface area contributed by atoms with Gasteiger partial charge in [-0.2, -0.15) is 0 Å². The highest BCUT2D eigenvalue weighted by molar-refractivity contribution is 8.14. The molecule has 0 saturated heterocycles. The first-order chi connectivity index (χ1) is 9.72. The van der Waals surface area contributed by atoms with Gasteiger partial charge in [0.05, 0.1) is 0 Å². The van der Waals surface area contributed by atoms with Gasteiger partial charge < -0.3 is 10.6 Å². The van der Waals surface area contributed by atoms with Crippen LogP contribution in [0.15, 0.2) is 12.2 Å². The first-order valence-electron chi connectivity index (χ1n) is 7.08. The van der Waals surface area contributed by atoms with E-state index in [2.05, 4.69) is 17.2 Å². The third-order valence-corrected chi connectivity index (χ3v) is 4.28. The van der Waals surface area contributed by atoms with Gasteiger partial charge in [-0.3, -0.25) is 14.4 Å². The van der Waals surface area contributed by atoms with E-state index in [1.807, 2.05) is 6.92 Å². The maximum Gasteiger partial charge on any atom is 0.217 e. The zero-order valence-corrected chi connectivity index (χ0v) is 14.2. The van der Waals surface area contributed by atoms with Crippen LogP contribution >= 0.6 is 11.8 Å². The van der Waals surface area contributed by atoms with Crippen molar-refractivity contribution < 1.29 is 14.4 Å². The monoisotopic (exact) mass is 314 g/mol. The number of carbonyl (C=O) groups excluding carboxylic acids is 3. The fourth-order valence-electron chi connectivity index (χ4n) is 2.01. The van der Waals surface area contributed by atoms with Crippen molar-refractivity contribution in [1.82, 2.24) is 10.6 Å². The summed E-state index contributed by atoms with van der Waals surface area (Å²) in [6.45, 7) is 10.8. The Labute approximate surface area is 131 Å². The summed E-state index contributed by atoms with van der Waals surface area (Å²) in [7, 11) is 0. The van der Waals surface area contributed by atoms with Crippen LogP contribution in [-0.4, -0.2) is 34.8 Å². The van der Waals surface area contributed by atoms with E-state index in [-0.39, 0.29) is 16.9 Å². The minimum atomic E-state index is -0.392. The van der Waals surface area contributed by atoms with E-state index in [1.54, 1.807) is 6.92 Å². The molecule has 0 aromatic carbocycles. The second-order valence-electron chi connectivity index (χ2n) is 5.21. The number of hydrogen-bond acceptors (Lipinski definition) is 4. The van der Waals surface area contributed by atoms with Gasteiger partial charge in [-0.05, 0) is 31.8 Å². The van der Waals surface area contributed by atoms with Gasteiger partial charge in [0.1, 0.15) is 0 Å². The van der Waals surface area contributed by atoms with E-state index in [4.69, 9.17) is 0 Å². The largest absolute Gasteiger partial charge is 0.356 e. The van der Waals surface area contributed by atoms with Crippen LogP contribution in [0.2, 0.25) is 0 Å². The lowest BCUT2D eigenvalue weighted by atomic mass is 9.88. The van der Waals surface area contributed by atoms with Crippen LogP contribution < -0.4 is 10.6 Å². The van der Waals surface area contributed by atoms with Gasteiger partial charge in [0.2, 0.25) is 16.9 Å². The highest BCUT2D eigenvalue weighted by Gasteiger charge is 2.28. The molecule has 0 radical (unpaired) electrons. The van der Waals surface area contributed by atoms with Crippen LogP contribution in [0.4, 0.5) is 0 Å². The molecule has 0 aromatic rings. The highest BCUT2D eigenvalue weighted by atomic mass is 32.2. The zero-order chi connectivity index (χ0) is 16.5. The lowest BCUT2D eigenvalue weighted by Gasteiger charge is -2.33. The van der Waals surface area contributed by atoms with Crippen LogP contribution in [0.3, 0.4) is 0 Å². The number of nitrogens with one attached hydrogen (secondary N) is 2. The first-order valence-corrected chi connectivity index (χ1v) is 8.07. The van der Waals surface area contributed by atoms with E-state index in [0.717, 1.165) is 6.42 Å². The normalized spacial score (nSPS) is 13.1. The minimum absolute atomic E-state index is 0.0234. The van der Waals surface area contributed by atoms with Crippen LogP contribution in [0.25, 0.3) is 0 Å². The summed E-state index contributed by atoms with van der Waals surface area (Å²) in [4.78, 5) is 34.0. The van der Waals surface area contributed by atoms with Gasteiger partial charge in [0, 0.05) is 31.7 Å². The van der Waals surface area contributed by atoms with Gasteiger partial charge in [0.15, 0.2) is 0 Å². The van der Waals surface area contributed by atoms with Crippen LogP contribution in [0.1, 0.15) is 47.0 Å². The van der Waals surface area contributed by atoms with E-state index in [0.29, 0.717) is 30.7 Å². The average molecular weight is 314 g/mol. The molecule has 0 aromatic heterocycles. The molecule has 0 spiro atoms. The molecule has 0 aliphatic rings. The lowest BCUT2D eigenvalue weighted by Crippen LogP contribution is -2.49. The summed E-state index contributed by atoms with van der Waals surface area (Å²) in [6, 6.07) is 0. The fraction of sp³-hybridized carbons (Fsp3) is 0.667. The summed E-state index contributed by atoms with van der Waals surface area (Å²) in [6.07, 6.45) is 2.06. The molecule has 1 unspecified atom stereocenters. The summed E-state index contributed by atoms with van der Waals surface area (Å²) in [5.41, 5.74) is 0.135. The molecule has 21 heavy (non-hydrogen) atoms. The number of amides is 2. The highest BCUT2D eigenvalue weighted by Crippen LogP contribution is 2.23. The van der Waals surface area contributed by atoms with E-state index >= 15 is 0 Å². The summed E-state index contributed by atoms with van der Waals surface area (Å²) >= 11 is 1.22. The van der Waals surface area contributed by atoms with Crippen molar-refractivity contribution in [3.63, 3.8) is 0 Å². The Morgan fingerprint density at radius 2 is 1.71 bits per heavy atom. The molecule has 0 saturated carbocycles. The molecule has 2 N–H and O–H groups in total. The maximum absolute atomic E-state index is 11.6. The smallest absolute Gasteiger partial charge is 0.217 e. The third kappa shape index (κ3) is 8.55. The van der Waals surface area contributed by atoms with Crippen molar-refractivity contribution in [3.8, 4) is 0 Å². The minimum Gasteiger partial charge on any atom is -0.356 e. The predicted octanol–water partition coefficient (Wildman–Crippen LogP) is 2.02. The molecule has 0 heterocycles. The Balaban J connectivity index is 4.61. The Kier molecular flexibility index (Phi) is 9.01. The van der Waals surface area contributed by atoms with Crippen molar-refractivity contribution in [2.24, 2.45) is 0 Å². The summed E-state index contributed by atoms with van der Waals surface area (Å²) in [5.74, 6) is 0.422. The van der Waals surface area contributed by atoms with Gasteiger partial charge in [-0.1, -0.05) is 25.3 Å². The molecule has 6 heteroatoms. The van der Waals surface area contributed by atoms with E-state index < -0.39 is 5.54 Å². The molecular formula is C15H26N2O3S. The zero-order valence-electron chi connectivity index (χ0n) is 13.4. The molecule has 2 amide bonds. The van der Waals surface area contributed by atoms with Crippen LogP contribution in [-0.2, 0) is 14.4 Å². The topological polar surface area (TPSA) is 75.3 Å². The molecule has 0 aliphatic heterocycles. The Morgan fingerprint density at radius 1 is 1.10 bits per heavy atom. The van der Waals surface area contributed by atoms with E-state index in [1.165, 1.54) is 25.6 Å². The average Bonchev–Trinajstić information content (AvgIpc) is 2.36. The third-order valence-electron chi connectivity index (χ3n) is 3.26. The van der Waals surface area contributed by atoms with Crippen molar-refractivity contribution in [2.75, 3.05) is 12.3 Å². The van der Waals surface area contributed by atoms with Crippen molar-refractivity contribution in [3.05, 3.63) is 12.2 Å². The van der Waals surface area contributed by atoms with Crippen molar-refractivity contribution in [2.45, 2.75) is 52.5 Å².